The zero-order valence-corrected chi connectivity index (χ0v) is 11.4. The number of nitrogens with zero attached hydrogens (tertiary/aromatic N) is 1. The van der Waals surface area contributed by atoms with Crippen molar-refractivity contribution in [3.05, 3.63) is 29.3 Å². The van der Waals surface area contributed by atoms with E-state index in [9.17, 15) is 0 Å². The fraction of sp³-hybridized carbons (Fsp3) is 0.571. The van der Waals surface area contributed by atoms with Gasteiger partial charge in [0.15, 0.2) is 0 Å². The quantitative estimate of drug-likeness (QED) is 0.823. The van der Waals surface area contributed by atoms with Crippen molar-refractivity contribution in [2.45, 2.75) is 25.8 Å². The van der Waals surface area contributed by atoms with Gasteiger partial charge in [-0.3, -0.25) is 0 Å². The Morgan fingerprint density at radius 3 is 2.59 bits per heavy atom. The standard InChI is InChI=1S/C14H24N2O/c1-5-11-6-7-14(17-4)12(10-11)13(15)8-9-16(2)3/h6-7,10,13H,5,8-9,15H2,1-4H3. The Morgan fingerprint density at radius 2 is 2.06 bits per heavy atom. The average Bonchev–Trinajstić information content (AvgIpc) is 2.34. The van der Waals surface area contributed by atoms with Gasteiger partial charge in [-0.05, 0) is 45.1 Å². The summed E-state index contributed by atoms with van der Waals surface area (Å²) in [5.41, 5.74) is 8.66. The van der Waals surface area contributed by atoms with Crippen LogP contribution in [0.25, 0.3) is 0 Å². The van der Waals surface area contributed by atoms with E-state index in [4.69, 9.17) is 10.5 Å². The van der Waals surface area contributed by atoms with Crippen LogP contribution >= 0.6 is 0 Å². The lowest BCUT2D eigenvalue weighted by atomic mass is 9.99. The van der Waals surface area contributed by atoms with Gasteiger partial charge < -0.3 is 15.4 Å². The maximum atomic E-state index is 6.24. The molecule has 1 aromatic rings. The molecule has 2 N–H and O–H groups in total. The molecule has 0 amide bonds. The maximum Gasteiger partial charge on any atom is 0.123 e. The van der Waals surface area contributed by atoms with Gasteiger partial charge in [0.25, 0.3) is 0 Å². The minimum atomic E-state index is 0.0406. The van der Waals surface area contributed by atoms with Crippen LogP contribution in [0.15, 0.2) is 18.2 Å². The van der Waals surface area contributed by atoms with Gasteiger partial charge in [0.2, 0.25) is 0 Å². The van der Waals surface area contributed by atoms with Crippen molar-refractivity contribution in [3.63, 3.8) is 0 Å². The molecule has 0 fully saturated rings. The molecule has 17 heavy (non-hydrogen) atoms. The summed E-state index contributed by atoms with van der Waals surface area (Å²) in [6.45, 7) is 3.14. The van der Waals surface area contributed by atoms with Gasteiger partial charge in [-0.1, -0.05) is 19.1 Å². The summed E-state index contributed by atoms with van der Waals surface area (Å²) in [7, 11) is 5.82. The Labute approximate surface area is 105 Å². The van der Waals surface area contributed by atoms with Gasteiger partial charge in [-0.25, -0.2) is 0 Å². The van der Waals surface area contributed by atoms with Gasteiger partial charge in [0, 0.05) is 11.6 Å². The first-order chi connectivity index (χ1) is 8.08. The number of hydrogen-bond donors (Lipinski definition) is 1. The molecule has 1 unspecified atom stereocenters. The largest absolute Gasteiger partial charge is 0.496 e. The third-order valence-electron chi connectivity index (χ3n) is 2.99. The first kappa shape index (κ1) is 14.0. The third kappa shape index (κ3) is 4.02. The summed E-state index contributed by atoms with van der Waals surface area (Å²) in [6.07, 6.45) is 1.97. The summed E-state index contributed by atoms with van der Waals surface area (Å²) in [5, 5.41) is 0. The molecule has 0 aliphatic heterocycles. The van der Waals surface area contributed by atoms with Gasteiger partial charge in [-0.2, -0.15) is 0 Å². The Kier molecular flexibility index (Phi) is 5.45. The molecule has 0 aromatic heterocycles. The van der Waals surface area contributed by atoms with Crippen molar-refractivity contribution in [3.8, 4) is 5.75 Å². The second-order valence-electron chi connectivity index (χ2n) is 4.63. The number of ether oxygens (including phenoxy) is 1. The molecule has 0 spiro atoms. The summed E-state index contributed by atoms with van der Waals surface area (Å²) in [4.78, 5) is 2.15. The molecule has 0 bridgehead atoms. The molecule has 0 heterocycles. The maximum absolute atomic E-state index is 6.24. The Bertz CT molecular complexity index is 350. The van der Waals surface area contributed by atoms with Gasteiger partial charge in [0.05, 0.1) is 7.11 Å². The number of nitrogens with two attached hydrogens (primary N) is 1. The highest BCUT2D eigenvalue weighted by Gasteiger charge is 2.12. The van der Waals surface area contributed by atoms with Crippen LogP contribution in [0.5, 0.6) is 5.75 Å². The van der Waals surface area contributed by atoms with Crippen molar-refractivity contribution in [1.82, 2.24) is 4.90 Å². The summed E-state index contributed by atoms with van der Waals surface area (Å²) < 4.78 is 5.38. The van der Waals surface area contributed by atoms with Gasteiger partial charge >= 0.3 is 0 Å². The van der Waals surface area contributed by atoms with Crippen LogP contribution in [-0.2, 0) is 6.42 Å². The van der Waals surface area contributed by atoms with E-state index in [0.717, 1.165) is 30.7 Å². The summed E-state index contributed by atoms with van der Waals surface area (Å²) in [5.74, 6) is 0.897. The lowest BCUT2D eigenvalue weighted by Gasteiger charge is -2.18. The minimum Gasteiger partial charge on any atom is -0.496 e. The van der Waals surface area contributed by atoms with Crippen molar-refractivity contribution in [1.29, 1.82) is 0 Å². The highest BCUT2D eigenvalue weighted by Crippen LogP contribution is 2.27. The first-order valence-corrected chi connectivity index (χ1v) is 6.15. The highest BCUT2D eigenvalue weighted by molar-refractivity contribution is 5.39. The molecule has 0 radical (unpaired) electrons. The van der Waals surface area contributed by atoms with E-state index in [0.29, 0.717) is 0 Å². The molecule has 1 atom stereocenters. The Hall–Kier alpha value is -1.06. The van der Waals surface area contributed by atoms with E-state index < -0.39 is 0 Å². The van der Waals surface area contributed by atoms with Gasteiger partial charge in [-0.15, -0.1) is 0 Å². The van der Waals surface area contributed by atoms with Crippen LogP contribution in [0, 0.1) is 0 Å². The molecule has 0 saturated heterocycles. The van der Waals surface area contributed by atoms with Crippen LogP contribution in [0.3, 0.4) is 0 Å². The monoisotopic (exact) mass is 236 g/mol. The number of benzene rings is 1. The second-order valence-corrected chi connectivity index (χ2v) is 4.63. The lowest BCUT2D eigenvalue weighted by Crippen LogP contribution is -2.20. The van der Waals surface area contributed by atoms with Crippen LogP contribution in [0.1, 0.15) is 30.5 Å². The molecule has 0 aliphatic carbocycles. The Morgan fingerprint density at radius 1 is 1.35 bits per heavy atom. The topological polar surface area (TPSA) is 38.5 Å². The molecule has 3 heteroatoms. The van der Waals surface area contributed by atoms with E-state index in [-0.39, 0.29) is 6.04 Å². The number of aryl methyl sites for hydroxylation is 1. The molecule has 0 aliphatic rings. The zero-order valence-electron chi connectivity index (χ0n) is 11.4. The smallest absolute Gasteiger partial charge is 0.123 e. The van der Waals surface area contributed by atoms with E-state index in [1.807, 2.05) is 6.07 Å². The first-order valence-electron chi connectivity index (χ1n) is 6.15. The van der Waals surface area contributed by atoms with Crippen LogP contribution < -0.4 is 10.5 Å². The molecular formula is C14H24N2O. The number of rotatable bonds is 6. The molecule has 0 saturated carbocycles. The average molecular weight is 236 g/mol. The summed E-state index contributed by atoms with van der Waals surface area (Å²) in [6, 6.07) is 6.32. The number of hydrogen-bond acceptors (Lipinski definition) is 3. The van der Waals surface area contributed by atoms with Crippen molar-refractivity contribution in [2.75, 3.05) is 27.7 Å². The number of methoxy groups -OCH3 is 1. The third-order valence-corrected chi connectivity index (χ3v) is 2.99. The Balaban J connectivity index is 2.85. The van der Waals surface area contributed by atoms with Crippen molar-refractivity contribution in [2.24, 2.45) is 5.73 Å². The van der Waals surface area contributed by atoms with Crippen molar-refractivity contribution >= 4 is 0 Å². The van der Waals surface area contributed by atoms with Crippen LogP contribution in [-0.4, -0.2) is 32.6 Å². The second kappa shape index (κ2) is 6.62. The van der Waals surface area contributed by atoms with E-state index >= 15 is 0 Å². The fourth-order valence-corrected chi connectivity index (χ4v) is 1.85. The minimum absolute atomic E-state index is 0.0406. The normalized spacial score (nSPS) is 12.8. The summed E-state index contributed by atoms with van der Waals surface area (Å²) >= 11 is 0. The van der Waals surface area contributed by atoms with Crippen molar-refractivity contribution < 1.29 is 4.74 Å². The van der Waals surface area contributed by atoms with Crippen LogP contribution in [0.2, 0.25) is 0 Å². The SMILES string of the molecule is CCc1ccc(OC)c(C(N)CCN(C)C)c1. The molecule has 1 rings (SSSR count). The predicted molar refractivity (Wildman–Crippen MR) is 72.5 cm³/mol. The van der Waals surface area contributed by atoms with E-state index in [2.05, 4.69) is 38.1 Å². The lowest BCUT2D eigenvalue weighted by molar-refractivity contribution is 0.372. The van der Waals surface area contributed by atoms with Gasteiger partial charge in [0.1, 0.15) is 5.75 Å². The molecular weight excluding hydrogens is 212 g/mol. The predicted octanol–water partition coefficient (Wildman–Crippen LogP) is 2.21. The zero-order chi connectivity index (χ0) is 12.8. The molecule has 1 aromatic carbocycles. The highest BCUT2D eigenvalue weighted by atomic mass is 16.5. The molecule has 3 nitrogen and oxygen atoms in total. The van der Waals surface area contributed by atoms with Crippen LogP contribution in [0.4, 0.5) is 0 Å². The molecule has 96 valence electrons. The fourth-order valence-electron chi connectivity index (χ4n) is 1.85. The van der Waals surface area contributed by atoms with E-state index in [1.165, 1.54) is 5.56 Å². The van der Waals surface area contributed by atoms with E-state index in [1.54, 1.807) is 7.11 Å².